The Bertz CT molecular complexity index is 337. The standard InChI is InChI=1S/C13H19N/c1-6-13(3,4)11-9-10(2)7-8-12(11)14-5/h7-9H,5-6H2,1-4H3. The van der Waals surface area contributed by atoms with Gasteiger partial charge in [0.25, 0.3) is 0 Å². The van der Waals surface area contributed by atoms with Gasteiger partial charge in [0.1, 0.15) is 0 Å². The van der Waals surface area contributed by atoms with Crippen molar-refractivity contribution in [2.45, 2.75) is 39.5 Å². The third kappa shape index (κ3) is 2.03. The van der Waals surface area contributed by atoms with E-state index in [1.165, 1.54) is 11.1 Å². The van der Waals surface area contributed by atoms with Gasteiger partial charge in [0.2, 0.25) is 0 Å². The van der Waals surface area contributed by atoms with E-state index in [4.69, 9.17) is 0 Å². The van der Waals surface area contributed by atoms with Crippen LogP contribution in [0.25, 0.3) is 0 Å². The molecule has 14 heavy (non-hydrogen) atoms. The maximum atomic E-state index is 4.08. The van der Waals surface area contributed by atoms with E-state index in [2.05, 4.69) is 57.6 Å². The summed E-state index contributed by atoms with van der Waals surface area (Å²) in [4.78, 5) is 4.08. The lowest BCUT2D eigenvalue weighted by atomic mass is 9.80. The molecule has 1 nitrogen and oxygen atoms in total. The quantitative estimate of drug-likeness (QED) is 0.637. The molecule has 0 amide bonds. The lowest BCUT2D eigenvalue weighted by molar-refractivity contribution is 0.507. The number of aryl methyl sites for hydroxylation is 1. The summed E-state index contributed by atoms with van der Waals surface area (Å²) in [5, 5.41) is 0. The molecule has 0 aliphatic carbocycles. The molecule has 76 valence electrons. The number of hydrogen-bond donors (Lipinski definition) is 0. The summed E-state index contributed by atoms with van der Waals surface area (Å²) < 4.78 is 0. The van der Waals surface area contributed by atoms with E-state index < -0.39 is 0 Å². The van der Waals surface area contributed by atoms with Crippen molar-refractivity contribution in [2.24, 2.45) is 4.99 Å². The van der Waals surface area contributed by atoms with Crippen LogP contribution in [0.5, 0.6) is 0 Å². The number of hydrogen-bond acceptors (Lipinski definition) is 1. The first-order chi connectivity index (χ1) is 6.51. The van der Waals surface area contributed by atoms with Gasteiger partial charge in [-0.05, 0) is 37.1 Å². The molecular weight excluding hydrogens is 170 g/mol. The third-order valence-electron chi connectivity index (χ3n) is 2.94. The van der Waals surface area contributed by atoms with Gasteiger partial charge in [0.05, 0.1) is 5.69 Å². The second-order valence-electron chi connectivity index (χ2n) is 4.42. The smallest absolute Gasteiger partial charge is 0.0659 e. The van der Waals surface area contributed by atoms with Gasteiger partial charge in [-0.2, -0.15) is 0 Å². The lowest BCUT2D eigenvalue weighted by Gasteiger charge is -2.25. The second kappa shape index (κ2) is 3.95. The average molecular weight is 189 g/mol. The van der Waals surface area contributed by atoms with Crippen LogP contribution in [0.3, 0.4) is 0 Å². The summed E-state index contributed by atoms with van der Waals surface area (Å²) in [6.07, 6.45) is 1.11. The number of aliphatic imine (C=N–C) groups is 1. The van der Waals surface area contributed by atoms with Crippen molar-refractivity contribution in [1.82, 2.24) is 0 Å². The molecule has 0 saturated heterocycles. The zero-order valence-corrected chi connectivity index (χ0v) is 9.59. The van der Waals surface area contributed by atoms with Crippen molar-refractivity contribution < 1.29 is 0 Å². The van der Waals surface area contributed by atoms with Crippen molar-refractivity contribution in [3.8, 4) is 0 Å². The zero-order valence-electron chi connectivity index (χ0n) is 9.59. The van der Waals surface area contributed by atoms with E-state index in [1.807, 2.05) is 0 Å². The minimum absolute atomic E-state index is 0.183. The van der Waals surface area contributed by atoms with E-state index in [9.17, 15) is 0 Å². The monoisotopic (exact) mass is 189 g/mol. The van der Waals surface area contributed by atoms with Gasteiger partial charge in [0.15, 0.2) is 0 Å². The zero-order chi connectivity index (χ0) is 10.8. The normalized spacial score (nSPS) is 11.4. The molecule has 0 aliphatic rings. The molecule has 1 aromatic carbocycles. The summed E-state index contributed by atoms with van der Waals surface area (Å²) in [6.45, 7) is 12.4. The van der Waals surface area contributed by atoms with Crippen molar-refractivity contribution in [1.29, 1.82) is 0 Å². The van der Waals surface area contributed by atoms with Crippen LogP contribution < -0.4 is 0 Å². The van der Waals surface area contributed by atoms with Gasteiger partial charge in [-0.3, -0.25) is 4.99 Å². The van der Waals surface area contributed by atoms with Crippen LogP contribution in [-0.2, 0) is 5.41 Å². The van der Waals surface area contributed by atoms with Crippen LogP contribution in [0.4, 0.5) is 5.69 Å². The minimum atomic E-state index is 0.183. The molecule has 1 heteroatoms. The molecule has 0 aromatic heterocycles. The van der Waals surface area contributed by atoms with Gasteiger partial charge < -0.3 is 0 Å². The van der Waals surface area contributed by atoms with Crippen LogP contribution in [0, 0.1) is 6.92 Å². The van der Waals surface area contributed by atoms with Crippen molar-refractivity contribution in [3.63, 3.8) is 0 Å². The molecule has 1 aromatic rings. The van der Waals surface area contributed by atoms with Gasteiger partial charge in [-0.1, -0.05) is 38.5 Å². The third-order valence-corrected chi connectivity index (χ3v) is 2.94. The highest BCUT2D eigenvalue weighted by molar-refractivity contribution is 5.55. The Morgan fingerprint density at radius 1 is 1.36 bits per heavy atom. The fourth-order valence-corrected chi connectivity index (χ4v) is 1.52. The Morgan fingerprint density at radius 2 is 2.00 bits per heavy atom. The predicted octanol–water partition coefficient (Wildman–Crippen LogP) is 4.01. The Morgan fingerprint density at radius 3 is 2.50 bits per heavy atom. The molecule has 0 bridgehead atoms. The molecule has 0 N–H and O–H groups in total. The topological polar surface area (TPSA) is 12.4 Å². The minimum Gasteiger partial charge on any atom is -0.264 e. The maximum Gasteiger partial charge on any atom is 0.0659 e. The Balaban J connectivity index is 3.30. The molecule has 1 rings (SSSR count). The molecule has 0 spiro atoms. The SMILES string of the molecule is C=Nc1ccc(C)cc1C(C)(C)CC. The van der Waals surface area contributed by atoms with Gasteiger partial charge in [-0.15, -0.1) is 0 Å². The molecule has 0 atom stereocenters. The number of rotatable bonds is 3. The van der Waals surface area contributed by atoms with Gasteiger partial charge >= 0.3 is 0 Å². The number of benzene rings is 1. The fraction of sp³-hybridized carbons (Fsp3) is 0.462. The second-order valence-corrected chi connectivity index (χ2v) is 4.42. The molecule has 0 heterocycles. The van der Waals surface area contributed by atoms with E-state index in [1.54, 1.807) is 0 Å². The summed E-state index contributed by atoms with van der Waals surface area (Å²) >= 11 is 0. The van der Waals surface area contributed by atoms with Gasteiger partial charge in [0, 0.05) is 0 Å². The summed E-state index contributed by atoms with van der Waals surface area (Å²) in [7, 11) is 0. The van der Waals surface area contributed by atoms with Crippen LogP contribution in [-0.4, -0.2) is 6.72 Å². The molecule has 0 saturated carbocycles. The Labute approximate surface area is 86.9 Å². The summed E-state index contributed by atoms with van der Waals surface area (Å²) in [5.41, 5.74) is 3.79. The maximum absolute atomic E-state index is 4.08. The highest BCUT2D eigenvalue weighted by atomic mass is 14.7. The van der Waals surface area contributed by atoms with Crippen molar-refractivity contribution in [3.05, 3.63) is 29.3 Å². The molecule has 0 radical (unpaired) electrons. The van der Waals surface area contributed by atoms with Gasteiger partial charge in [-0.25, -0.2) is 0 Å². The molecule has 0 aliphatic heterocycles. The fourth-order valence-electron chi connectivity index (χ4n) is 1.52. The lowest BCUT2D eigenvalue weighted by Crippen LogP contribution is -2.15. The molecular formula is C13H19N. The Hall–Kier alpha value is -1.11. The van der Waals surface area contributed by atoms with E-state index >= 15 is 0 Å². The van der Waals surface area contributed by atoms with Crippen molar-refractivity contribution >= 4 is 12.4 Å². The van der Waals surface area contributed by atoms with Crippen LogP contribution >= 0.6 is 0 Å². The van der Waals surface area contributed by atoms with E-state index in [0.717, 1.165) is 12.1 Å². The van der Waals surface area contributed by atoms with Crippen LogP contribution in [0.15, 0.2) is 23.2 Å². The summed E-state index contributed by atoms with van der Waals surface area (Å²) in [5.74, 6) is 0. The highest BCUT2D eigenvalue weighted by Crippen LogP contribution is 2.34. The number of nitrogens with zero attached hydrogens (tertiary/aromatic N) is 1. The van der Waals surface area contributed by atoms with Crippen LogP contribution in [0.2, 0.25) is 0 Å². The Kier molecular flexibility index (Phi) is 3.10. The first kappa shape index (κ1) is 11.0. The first-order valence-electron chi connectivity index (χ1n) is 5.09. The largest absolute Gasteiger partial charge is 0.264 e. The van der Waals surface area contributed by atoms with Crippen LogP contribution in [0.1, 0.15) is 38.3 Å². The summed E-state index contributed by atoms with van der Waals surface area (Å²) in [6, 6.07) is 6.35. The van der Waals surface area contributed by atoms with E-state index in [-0.39, 0.29) is 5.41 Å². The first-order valence-corrected chi connectivity index (χ1v) is 5.09. The predicted molar refractivity (Wildman–Crippen MR) is 63.7 cm³/mol. The molecule has 0 fully saturated rings. The molecule has 0 unspecified atom stereocenters. The van der Waals surface area contributed by atoms with E-state index in [0.29, 0.717) is 0 Å². The van der Waals surface area contributed by atoms with Crippen molar-refractivity contribution in [2.75, 3.05) is 0 Å². The average Bonchev–Trinajstić information content (AvgIpc) is 2.18. The highest BCUT2D eigenvalue weighted by Gasteiger charge is 2.21.